The van der Waals surface area contributed by atoms with Crippen LogP contribution in [0.4, 0.5) is 13.2 Å². The Balaban J connectivity index is 1.98. The first-order valence-electron chi connectivity index (χ1n) is 6.78. The fourth-order valence-corrected chi connectivity index (χ4v) is 2.53. The predicted molar refractivity (Wildman–Crippen MR) is 70.1 cm³/mol. The van der Waals surface area contributed by atoms with E-state index in [-0.39, 0.29) is 19.0 Å². The van der Waals surface area contributed by atoms with E-state index in [2.05, 4.69) is 31.3 Å². The Morgan fingerprint density at radius 2 is 1.74 bits per heavy atom. The zero-order valence-corrected chi connectivity index (χ0v) is 11.3. The molecule has 0 saturated carbocycles. The molecule has 1 fully saturated rings. The normalized spacial score (nSPS) is 24.7. The molecule has 1 nitrogen and oxygen atoms in total. The van der Waals surface area contributed by atoms with Crippen molar-refractivity contribution in [3.8, 4) is 0 Å². The van der Waals surface area contributed by atoms with Crippen LogP contribution in [0.5, 0.6) is 0 Å². The van der Waals surface area contributed by atoms with Crippen molar-refractivity contribution in [2.75, 3.05) is 6.54 Å². The maximum absolute atomic E-state index is 12.6. The van der Waals surface area contributed by atoms with E-state index in [1.807, 2.05) is 12.1 Å². The highest BCUT2D eigenvalue weighted by atomic mass is 19.4. The number of halogens is 3. The second kappa shape index (κ2) is 5.53. The number of alkyl halides is 3. The molecule has 0 aliphatic carbocycles. The lowest BCUT2D eigenvalue weighted by molar-refractivity contribution is -0.179. The van der Waals surface area contributed by atoms with E-state index in [0.717, 1.165) is 5.56 Å². The van der Waals surface area contributed by atoms with Crippen molar-refractivity contribution < 1.29 is 13.2 Å². The van der Waals surface area contributed by atoms with Gasteiger partial charge in [0.25, 0.3) is 0 Å². The minimum Gasteiger partial charge on any atom is -0.309 e. The van der Waals surface area contributed by atoms with Gasteiger partial charge in [-0.2, -0.15) is 13.2 Å². The molecule has 1 aliphatic heterocycles. The van der Waals surface area contributed by atoms with Crippen molar-refractivity contribution in [2.24, 2.45) is 5.92 Å². The van der Waals surface area contributed by atoms with Crippen molar-refractivity contribution >= 4 is 0 Å². The van der Waals surface area contributed by atoms with Crippen molar-refractivity contribution in [2.45, 2.75) is 44.8 Å². The van der Waals surface area contributed by atoms with Crippen LogP contribution in [-0.4, -0.2) is 12.7 Å². The van der Waals surface area contributed by atoms with E-state index in [9.17, 15) is 13.2 Å². The summed E-state index contributed by atoms with van der Waals surface area (Å²) in [5, 5.41) is 3.02. The molecule has 2 rings (SSSR count). The smallest absolute Gasteiger partial charge is 0.309 e. The Morgan fingerprint density at radius 3 is 2.16 bits per heavy atom. The number of rotatable bonds is 2. The Labute approximate surface area is 112 Å². The van der Waals surface area contributed by atoms with E-state index in [1.165, 1.54) is 5.56 Å². The summed E-state index contributed by atoms with van der Waals surface area (Å²) in [7, 11) is 0. The van der Waals surface area contributed by atoms with Gasteiger partial charge in [-0.05, 0) is 29.9 Å². The van der Waals surface area contributed by atoms with Gasteiger partial charge < -0.3 is 5.32 Å². The van der Waals surface area contributed by atoms with Gasteiger partial charge in [0, 0.05) is 12.6 Å². The molecule has 19 heavy (non-hydrogen) atoms. The summed E-state index contributed by atoms with van der Waals surface area (Å²) >= 11 is 0. The summed E-state index contributed by atoms with van der Waals surface area (Å²) in [5.41, 5.74) is 2.35. The molecular weight excluding hydrogens is 251 g/mol. The summed E-state index contributed by atoms with van der Waals surface area (Å²) in [6.07, 6.45) is -3.31. The minimum atomic E-state index is -4.07. The molecule has 1 saturated heterocycles. The van der Waals surface area contributed by atoms with E-state index in [4.69, 9.17) is 0 Å². The summed E-state index contributed by atoms with van der Waals surface area (Å²) in [5.74, 6) is -0.721. The topological polar surface area (TPSA) is 12.0 Å². The fourth-order valence-electron chi connectivity index (χ4n) is 2.53. The van der Waals surface area contributed by atoms with Gasteiger partial charge in [0.15, 0.2) is 0 Å². The van der Waals surface area contributed by atoms with E-state index >= 15 is 0 Å². The largest absolute Gasteiger partial charge is 0.393 e. The third-order valence-corrected chi connectivity index (χ3v) is 3.88. The van der Waals surface area contributed by atoms with E-state index in [0.29, 0.717) is 12.3 Å². The lowest BCUT2D eigenvalue weighted by Gasteiger charge is -2.31. The minimum absolute atomic E-state index is 0.0279. The fraction of sp³-hybridized carbons (Fsp3) is 0.600. The van der Waals surface area contributed by atoms with Gasteiger partial charge in [0.05, 0.1) is 5.92 Å². The maximum Gasteiger partial charge on any atom is 0.393 e. The molecule has 4 heteroatoms. The first-order valence-corrected chi connectivity index (χ1v) is 6.78. The van der Waals surface area contributed by atoms with Crippen LogP contribution < -0.4 is 5.32 Å². The van der Waals surface area contributed by atoms with E-state index < -0.39 is 12.1 Å². The van der Waals surface area contributed by atoms with Gasteiger partial charge >= 0.3 is 6.18 Å². The Kier molecular flexibility index (Phi) is 4.19. The summed E-state index contributed by atoms with van der Waals surface area (Å²) < 4.78 is 37.7. The average molecular weight is 271 g/mol. The quantitative estimate of drug-likeness (QED) is 0.840. The van der Waals surface area contributed by atoms with Gasteiger partial charge in [-0.3, -0.25) is 0 Å². The molecule has 1 aliphatic rings. The third-order valence-electron chi connectivity index (χ3n) is 3.88. The second-order valence-electron chi connectivity index (χ2n) is 5.60. The molecule has 106 valence electrons. The molecule has 0 bridgehead atoms. The molecule has 1 N–H and O–H groups in total. The van der Waals surface area contributed by atoms with Crippen molar-refractivity contribution in [3.63, 3.8) is 0 Å². The van der Waals surface area contributed by atoms with Crippen molar-refractivity contribution in [3.05, 3.63) is 35.4 Å². The first-order chi connectivity index (χ1) is 8.88. The molecule has 0 spiro atoms. The van der Waals surface area contributed by atoms with Crippen LogP contribution in [-0.2, 0) is 0 Å². The molecule has 2 atom stereocenters. The lowest BCUT2D eigenvalue weighted by atomic mass is 9.89. The maximum atomic E-state index is 12.6. The summed E-state index contributed by atoms with van der Waals surface area (Å²) in [6, 6.07) is 8.25. The van der Waals surface area contributed by atoms with Crippen LogP contribution in [0, 0.1) is 5.92 Å². The van der Waals surface area contributed by atoms with Gasteiger partial charge in [-0.25, -0.2) is 0 Å². The van der Waals surface area contributed by atoms with Crippen molar-refractivity contribution in [1.29, 1.82) is 0 Å². The van der Waals surface area contributed by atoms with Gasteiger partial charge in [0.1, 0.15) is 0 Å². The number of hydrogen-bond donors (Lipinski definition) is 1. The summed E-state index contributed by atoms with van der Waals surface area (Å²) in [4.78, 5) is 0. The Bertz CT molecular complexity index is 400. The zero-order chi connectivity index (χ0) is 14.0. The molecule has 1 heterocycles. The highest BCUT2D eigenvalue weighted by molar-refractivity contribution is 5.27. The molecule has 0 radical (unpaired) electrons. The number of piperidine rings is 1. The van der Waals surface area contributed by atoms with E-state index in [1.54, 1.807) is 0 Å². The van der Waals surface area contributed by atoms with Crippen molar-refractivity contribution in [1.82, 2.24) is 5.32 Å². The van der Waals surface area contributed by atoms with Gasteiger partial charge in [-0.15, -0.1) is 0 Å². The third kappa shape index (κ3) is 3.50. The lowest BCUT2D eigenvalue weighted by Crippen LogP contribution is -2.40. The van der Waals surface area contributed by atoms with Crippen LogP contribution in [0.15, 0.2) is 24.3 Å². The average Bonchev–Trinajstić information content (AvgIpc) is 2.38. The molecule has 1 aromatic rings. The zero-order valence-electron chi connectivity index (χ0n) is 11.3. The highest BCUT2D eigenvalue weighted by Crippen LogP contribution is 2.35. The molecule has 2 unspecified atom stereocenters. The number of benzene rings is 1. The van der Waals surface area contributed by atoms with Gasteiger partial charge in [0.2, 0.25) is 0 Å². The monoisotopic (exact) mass is 271 g/mol. The Hall–Kier alpha value is -1.03. The number of hydrogen-bond acceptors (Lipinski definition) is 1. The predicted octanol–water partition coefficient (Wildman–Crippen LogP) is 4.41. The van der Waals surface area contributed by atoms with Crippen LogP contribution in [0.2, 0.25) is 0 Å². The first kappa shape index (κ1) is 14.4. The number of nitrogens with one attached hydrogen (secondary N) is 1. The Morgan fingerprint density at radius 1 is 1.11 bits per heavy atom. The van der Waals surface area contributed by atoms with Crippen LogP contribution >= 0.6 is 0 Å². The SMILES string of the molecule is CC(C)c1ccc(C2CCC(C(F)(F)F)CN2)cc1. The second-order valence-corrected chi connectivity index (χ2v) is 5.60. The molecule has 0 amide bonds. The van der Waals surface area contributed by atoms with Gasteiger partial charge in [-0.1, -0.05) is 38.1 Å². The summed E-state index contributed by atoms with van der Waals surface area (Å²) in [6.45, 7) is 4.28. The molecule has 1 aromatic carbocycles. The van der Waals surface area contributed by atoms with Crippen LogP contribution in [0.3, 0.4) is 0 Å². The molecular formula is C15H20F3N. The highest BCUT2D eigenvalue weighted by Gasteiger charge is 2.41. The van der Waals surface area contributed by atoms with Crippen LogP contribution in [0.25, 0.3) is 0 Å². The molecule has 0 aromatic heterocycles. The standard InChI is InChI=1S/C15H20F3N/c1-10(2)11-3-5-12(6-4-11)14-8-7-13(9-19-14)15(16,17)18/h3-6,10,13-14,19H,7-9H2,1-2H3. The van der Waals surface area contributed by atoms with Crippen LogP contribution in [0.1, 0.15) is 49.8 Å².